The van der Waals surface area contributed by atoms with E-state index in [0.29, 0.717) is 23.9 Å². The molecule has 1 saturated carbocycles. The highest BCUT2D eigenvalue weighted by Crippen LogP contribution is 2.29. The average Bonchev–Trinajstić information content (AvgIpc) is 3.43. The summed E-state index contributed by atoms with van der Waals surface area (Å²) in [5.41, 5.74) is 0.643. The van der Waals surface area contributed by atoms with Crippen molar-refractivity contribution < 1.29 is 9.59 Å². The van der Waals surface area contributed by atoms with Crippen molar-refractivity contribution >= 4 is 11.8 Å². The van der Waals surface area contributed by atoms with E-state index in [9.17, 15) is 9.59 Å². The van der Waals surface area contributed by atoms with E-state index in [-0.39, 0.29) is 11.8 Å². The van der Waals surface area contributed by atoms with E-state index >= 15 is 0 Å². The zero-order valence-corrected chi connectivity index (χ0v) is 13.3. The van der Waals surface area contributed by atoms with E-state index < -0.39 is 0 Å². The Kier molecular flexibility index (Phi) is 5.05. The molecule has 1 aromatic heterocycles. The Morgan fingerprint density at radius 1 is 1.26 bits per heavy atom. The second-order valence-corrected chi connectivity index (χ2v) is 6.42. The van der Waals surface area contributed by atoms with Crippen LogP contribution in [-0.2, 0) is 4.79 Å². The van der Waals surface area contributed by atoms with Gasteiger partial charge in [-0.25, -0.2) is 0 Å². The fourth-order valence-corrected chi connectivity index (χ4v) is 2.83. The molecule has 0 unspecified atom stereocenters. The fraction of sp³-hybridized carbons (Fsp3) is 0.500. The van der Waals surface area contributed by atoms with Crippen LogP contribution in [0.25, 0.3) is 0 Å². The first-order valence-electron chi connectivity index (χ1n) is 8.37. The average molecular weight is 313 g/mol. The largest absolute Gasteiger partial charge is 0.352 e. The molecule has 1 aliphatic heterocycles. The lowest BCUT2D eigenvalue weighted by molar-refractivity contribution is -0.116. The number of piperidine rings is 1. The van der Waals surface area contributed by atoms with Crippen LogP contribution >= 0.6 is 0 Å². The second kappa shape index (κ2) is 7.40. The second-order valence-electron chi connectivity index (χ2n) is 6.42. The molecule has 5 nitrogen and oxygen atoms in total. The van der Waals surface area contributed by atoms with Crippen molar-refractivity contribution in [2.24, 2.45) is 11.8 Å². The molecule has 2 heterocycles. The number of nitrogens with one attached hydrogen (secondary N) is 1. The molecule has 0 radical (unpaired) electrons. The number of hydrogen-bond donors (Lipinski definition) is 1. The first kappa shape index (κ1) is 15.7. The SMILES string of the molecule is O=C(/C=C/C1CC1)NCC1CCN(C(=O)c2cccnc2)CC1. The number of allylic oxidation sites excluding steroid dienone is 1. The zero-order valence-electron chi connectivity index (χ0n) is 13.3. The highest BCUT2D eigenvalue weighted by Gasteiger charge is 2.24. The number of carbonyl (C=O) groups is 2. The number of carbonyl (C=O) groups excluding carboxylic acids is 2. The van der Waals surface area contributed by atoms with Crippen LogP contribution < -0.4 is 5.32 Å². The minimum Gasteiger partial charge on any atom is -0.352 e. The van der Waals surface area contributed by atoms with Crippen LogP contribution in [0.2, 0.25) is 0 Å². The number of amides is 2. The van der Waals surface area contributed by atoms with Crippen molar-refractivity contribution in [2.75, 3.05) is 19.6 Å². The molecule has 0 spiro atoms. The molecule has 122 valence electrons. The molecule has 0 bridgehead atoms. The quantitative estimate of drug-likeness (QED) is 0.846. The summed E-state index contributed by atoms with van der Waals surface area (Å²) >= 11 is 0. The van der Waals surface area contributed by atoms with Crippen molar-refractivity contribution in [3.05, 3.63) is 42.2 Å². The molecule has 3 rings (SSSR count). The van der Waals surface area contributed by atoms with Crippen molar-refractivity contribution in [3.63, 3.8) is 0 Å². The molecule has 0 aromatic carbocycles. The molecule has 5 heteroatoms. The maximum Gasteiger partial charge on any atom is 0.255 e. The third kappa shape index (κ3) is 4.65. The first-order chi connectivity index (χ1) is 11.2. The lowest BCUT2D eigenvalue weighted by atomic mass is 9.96. The first-order valence-corrected chi connectivity index (χ1v) is 8.37. The predicted molar refractivity (Wildman–Crippen MR) is 87.7 cm³/mol. The van der Waals surface area contributed by atoms with Crippen LogP contribution in [0.15, 0.2) is 36.7 Å². The monoisotopic (exact) mass is 313 g/mol. The van der Waals surface area contributed by atoms with Gasteiger partial charge >= 0.3 is 0 Å². The van der Waals surface area contributed by atoms with E-state index in [0.717, 1.165) is 25.9 Å². The number of pyridine rings is 1. The zero-order chi connectivity index (χ0) is 16.1. The van der Waals surface area contributed by atoms with Gasteiger partial charge in [0.25, 0.3) is 5.91 Å². The summed E-state index contributed by atoms with van der Waals surface area (Å²) < 4.78 is 0. The Labute approximate surface area is 136 Å². The summed E-state index contributed by atoms with van der Waals surface area (Å²) in [5.74, 6) is 1.13. The van der Waals surface area contributed by atoms with Crippen LogP contribution in [0.4, 0.5) is 0 Å². The standard InChI is InChI=1S/C18H23N3O2/c22-17(6-5-14-3-4-14)20-12-15-7-10-21(11-8-15)18(23)16-2-1-9-19-13-16/h1-2,5-6,9,13-15H,3-4,7-8,10-12H2,(H,20,22)/b6-5+. The number of likely N-dealkylation sites (tertiary alicyclic amines) is 1. The van der Waals surface area contributed by atoms with Crippen molar-refractivity contribution in [1.29, 1.82) is 0 Å². The van der Waals surface area contributed by atoms with Crippen LogP contribution in [0.3, 0.4) is 0 Å². The molecule has 2 aliphatic rings. The summed E-state index contributed by atoms with van der Waals surface area (Å²) in [4.78, 5) is 29.9. The maximum atomic E-state index is 12.3. The molecule has 0 atom stereocenters. The number of rotatable bonds is 5. The number of hydrogen-bond acceptors (Lipinski definition) is 3. The predicted octanol–water partition coefficient (Wildman–Crippen LogP) is 2.02. The summed E-state index contributed by atoms with van der Waals surface area (Å²) in [6.45, 7) is 2.18. The van der Waals surface area contributed by atoms with Gasteiger partial charge in [-0.05, 0) is 55.7 Å². The Hall–Kier alpha value is -2.17. The molecular weight excluding hydrogens is 290 g/mol. The van der Waals surface area contributed by atoms with Gasteiger partial charge in [0.05, 0.1) is 5.56 Å². The third-order valence-electron chi connectivity index (χ3n) is 4.52. The Bertz CT molecular complexity index is 573. The number of nitrogens with zero attached hydrogens (tertiary/aromatic N) is 2. The molecule has 1 N–H and O–H groups in total. The van der Waals surface area contributed by atoms with Crippen LogP contribution in [0, 0.1) is 11.8 Å². The van der Waals surface area contributed by atoms with E-state index in [2.05, 4.69) is 10.3 Å². The van der Waals surface area contributed by atoms with E-state index in [1.165, 1.54) is 12.8 Å². The van der Waals surface area contributed by atoms with Gasteiger partial charge in [0, 0.05) is 32.0 Å². The van der Waals surface area contributed by atoms with Gasteiger partial charge in [-0.3, -0.25) is 14.6 Å². The molecule has 2 amide bonds. The van der Waals surface area contributed by atoms with Gasteiger partial charge < -0.3 is 10.2 Å². The lowest BCUT2D eigenvalue weighted by Gasteiger charge is -2.32. The molecular formula is C18H23N3O2. The van der Waals surface area contributed by atoms with Crippen molar-refractivity contribution in [1.82, 2.24) is 15.2 Å². The van der Waals surface area contributed by atoms with Gasteiger partial charge in [-0.1, -0.05) is 6.08 Å². The fourth-order valence-electron chi connectivity index (χ4n) is 2.83. The smallest absolute Gasteiger partial charge is 0.255 e. The molecule has 1 aromatic rings. The molecule has 23 heavy (non-hydrogen) atoms. The topological polar surface area (TPSA) is 62.3 Å². The van der Waals surface area contributed by atoms with Gasteiger partial charge in [-0.2, -0.15) is 0 Å². The number of aromatic nitrogens is 1. The summed E-state index contributed by atoms with van der Waals surface area (Å²) in [6.07, 6.45) is 11.2. The van der Waals surface area contributed by atoms with Crippen molar-refractivity contribution in [2.45, 2.75) is 25.7 Å². The Morgan fingerprint density at radius 3 is 2.70 bits per heavy atom. The van der Waals surface area contributed by atoms with Crippen LogP contribution in [0.1, 0.15) is 36.0 Å². The minimum absolute atomic E-state index is 0.00534. The van der Waals surface area contributed by atoms with Crippen molar-refractivity contribution in [3.8, 4) is 0 Å². The summed E-state index contributed by atoms with van der Waals surface area (Å²) in [5, 5.41) is 2.97. The highest BCUT2D eigenvalue weighted by molar-refractivity contribution is 5.93. The highest BCUT2D eigenvalue weighted by atomic mass is 16.2. The van der Waals surface area contributed by atoms with E-state index in [1.807, 2.05) is 11.0 Å². The molecule has 1 saturated heterocycles. The summed E-state index contributed by atoms with van der Waals surface area (Å²) in [6, 6.07) is 3.58. The molecule has 1 aliphatic carbocycles. The normalized spacial score (nSPS) is 19.0. The summed E-state index contributed by atoms with van der Waals surface area (Å²) in [7, 11) is 0. The third-order valence-corrected chi connectivity index (χ3v) is 4.52. The maximum absolute atomic E-state index is 12.3. The van der Waals surface area contributed by atoms with Gasteiger partial charge in [0.15, 0.2) is 0 Å². The van der Waals surface area contributed by atoms with Gasteiger partial charge in [0.1, 0.15) is 0 Å². The Balaban J connectivity index is 1.39. The lowest BCUT2D eigenvalue weighted by Crippen LogP contribution is -2.41. The van der Waals surface area contributed by atoms with Crippen LogP contribution in [-0.4, -0.2) is 41.3 Å². The van der Waals surface area contributed by atoms with E-state index in [1.54, 1.807) is 30.6 Å². The van der Waals surface area contributed by atoms with Gasteiger partial charge in [0.2, 0.25) is 5.91 Å². The molecule has 2 fully saturated rings. The van der Waals surface area contributed by atoms with Gasteiger partial charge in [-0.15, -0.1) is 0 Å². The Morgan fingerprint density at radius 2 is 2.04 bits per heavy atom. The minimum atomic E-state index is 0.00534. The van der Waals surface area contributed by atoms with E-state index in [4.69, 9.17) is 0 Å². The van der Waals surface area contributed by atoms with Crippen LogP contribution in [0.5, 0.6) is 0 Å².